The highest BCUT2D eigenvalue weighted by molar-refractivity contribution is 6.31. The van der Waals surface area contributed by atoms with Crippen LogP contribution in [0.5, 0.6) is 0 Å². The predicted octanol–water partition coefficient (Wildman–Crippen LogP) is 3.51. The summed E-state index contributed by atoms with van der Waals surface area (Å²) in [5.74, 6) is -0.599. The molecule has 0 aliphatic carbocycles. The minimum absolute atomic E-state index is 0.0903. The number of benzene rings is 1. The van der Waals surface area contributed by atoms with Gasteiger partial charge in [-0.3, -0.25) is 19.9 Å². The molecule has 1 N–H and O–H groups in total. The molecule has 0 aliphatic rings. The molecule has 21 heavy (non-hydrogen) atoms. The van der Waals surface area contributed by atoms with Crippen molar-refractivity contribution in [3.8, 4) is 0 Å². The summed E-state index contributed by atoms with van der Waals surface area (Å²) < 4.78 is 0. The Kier molecular flexibility index (Phi) is 4.18. The molecular formula is C14H12ClN3O3. The van der Waals surface area contributed by atoms with Gasteiger partial charge in [0.25, 0.3) is 11.6 Å². The number of halogens is 1. The number of anilines is 1. The number of nitro benzene ring substituents is 1. The van der Waals surface area contributed by atoms with E-state index in [4.69, 9.17) is 11.6 Å². The molecule has 0 saturated heterocycles. The van der Waals surface area contributed by atoms with Crippen molar-refractivity contribution in [1.29, 1.82) is 0 Å². The van der Waals surface area contributed by atoms with E-state index in [2.05, 4.69) is 10.3 Å². The van der Waals surface area contributed by atoms with Gasteiger partial charge >= 0.3 is 0 Å². The number of hydrogen-bond donors (Lipinski definition) is 1. The maximum Gasteiger partial charge on any atom is 0.282 e. The highest BCUT2D eigenvalue weighted by Crippen LogP contribution is 2.24. The average Bonchev–Trinajstić information content (AvgIpc) is 2.41. The lowest BCUT2D eigenvalue weighted by Gasteiger charge is -2.09. The Labute approximate surface area is 125 Å². The fraction of sp³-hybridized carbons (Fsp3) is 0.143. The Balaban J connectivity index is 2.36. The number of pyridine rings is 1. The second-order valence-corrected chi connectivity index (χ2v) is 4.89. The van der Waals surface area contributed by atoms with Gasteiger partial charge < -0.3 is 5.32 Å². The van der Waals surface area contributed by atoms with Gasteiger partial charge in [0.05, 0.1) is 16.3 Å². The zero-order valence-electron chi connectivity index (χ0n) is 11.4. The molecule has 0 bridgehead atoms. The summed E-state index contributed by atoms with van der Waals surface area (Å²) in [5, 5.41) is 13.8. The summed E-state index contributed by atoms with van der Waals surface area (Å²) in [6.07, 6.45) is 0. The van der Waals surface area contributed by atoms with Crippen LogP contribution in [0, 0.1) is 24.0 Å². The molecule has 0 atom stereocenters. The number of amides is 1. The molecule has 0 saturated carbocycles. The van der Waals surface area contributed by atoms with Crippen molar-refractivity contribution in [2.45, 2.75) is 13.8 Å². The van der Waals surface area contributed by atoms with Crippen molar-refractivity contribution >= 4 is 28.9 Å². The van der Waals surface area contributed by atoms with E-state index < -0.39 is 10.8 Å². The Morgan fingerprint density at radius 1 is 1.29 bits per heavy atom. The van der Waals surface area contributed by atoms with Crippen LogP contribution in [0.25, 0.3) is 0 Å². The lowest BCUT2D eigenvalue weighted by Crippen LogP contribution is -2.15. The van der Waals surface area contributed by atoms with Crippen LogP contribution in [-0.2, 0) is 0 Å². The molecule has 0 spiro atoms. The van der Waals surface area contributed by atoms with Crippen LogP contribution in [0.15, 0.2) is 30.3 Å². The highest BCUT2D eigenvalue weighted by Gasteiger charge is 2.21. The van der Waals surface area contributed by atoms with E-state index in [-0.39, 0.29) is 16.3 Å². The molecule has 0 aliphatic heterocycles. The zero-order valence-corrected chi connectivity index (χ0v) is 12.1. The van der Waals surface area contributed by atoms with Crippen LogP contribution in [0.2, 0.25) is 5.02 Å². The number of aryl methyl sites for hydroxylation is 2. The van der Waals surface area contributed by atoms with Crippen LogP contribution in [0.1, 0.15) is 21.7 Å². The minimum atomic E-state index is -0.620. The molecule has 0 fully saturated rings. The van der Waals surface area contributed by atoms with Crippen LogP contribution < -0.4 is 5.32 Å². The van der Waals surface area contributed by atoms with Crippen molar-refractivity contribution < 1.29 is 9.72 Å². The fourth-order valence-electron chi connectivity index (χ4n) is 1.86. The molecule has 2 aromatic rings. The lowest BCUT2D eigenvalue weighted by atomic mass is 10.1. The monoisotopic (exact) mass is 305 g/mol. The maximum atomic E-state index is 12.2. The van der Waals surface area contributed by atoms with E-state index in [1.54, 1.807) is 19.1 Å². The van der Waals surface area contributed by atoms with Gasteiger partial charge in [0.2, 0.25) is 0 Å². The first-order valence-electron chi connectivity index (χ1n) is 6.08. The van der Waals surface area contributed by atoms with E-state index in [0.717, 1.165) is 5.69 Å². The van der Waals surface area contributed by atoms with Gasteiger partial charge in [-0.2, -0.15) is 0 Å². The largest absolute Gasteiger partial charge is 0.320 e. The van der Waals surface area contributed by atoms with Crippen LogP contribution in [0.4, 0.5) is 11.4 Å². The summed E-state index contributed by atoms with van der Waals surface area (Å²) in [6, 6.07) is 7.29. The van der Waals surface area contributed by atoms with Crippen molar-refractivity contribution in [3.63, 3.8) is 0 Å². The molecule has 6 nitrogen and oxygen atoms in total. The molecule has 0 unspecified atom stereocenters. The number of carbonyl (C=O) groups is 1. The van der Waals surface area contributed by atoms with Crippen molar-refractivity contribution in [1.82, 2.24) is 4.98 Å². The third-order valence-corrected chi connectivity index (χ3v) is 3.11. The van der Waals surface area contributed by atoms with Crippen molar-refractivity contribution in [2.24, 2.45) is 0 Å². The quantitative estimate of drug-likeness (QED) is 0.694. The molecule has 1 heterocycles. The van der Waals surface area contributed by atoms with Crippen LogP contribution in [0.3, 0.4) is 0 Å². The van der Waals surface area contributed by atoms with Gasteiger partial charge in [-0.25, -0.2) is 0 Å². The minimum Gasteiger partial charge on any atom is -0.320 e. The second kappa shape index (κ2) is 5.88. The molecular weight excluding hydrogens is 294 g/mol. The van der Waals surface area contributed by atoms with Crippen LogP contribution >= 0.6 is 11.6 Å². The van der Waals surface area contributed by atoms with Gasteiger partial charge in [-0.1, -0.05) is 11.6 Å². The summed E-state index contributed by atoms with van der Waals surface area (Å²) in [4.78, 5) is 26.8. The first kappa shape index (κ1) is 14.9. The molecule has 2 rings (SSSR count). The van der Waals surface area contributed by atoms with Gasteiger partial charge in [0.15, 0.2) is 0 Å². The second-order valence-electron chi connectivity index (χ2n) is 4.46. The Morgan fingerprint density at radius 3 is 2.62 bits per heavy atom. The van der Waals surface area contributed by atoms with E-state index in [9.17, 15) is 14.9 Å². The number of rotatable bonds is 3. The molecule has 0 radical (unpaired) electrons. The summed E-state index contributed by atoms with van der Waals surface area (Å²) >= 11 is 5.81. The normalized spacial score (nSPS) is 10.2. The molecule has 1 aromatic heterocycles. The van der Waals surface area contributed by atoms with Gasteiger partial charge in [0, 0.05) is 16.8 Å². The maximum absolute atomic E-state index is 12.2. The molecule has 108 valence electrons. The van der Waals surface area contributed by atoms with E-state index in [1.165, 1.54) is 18.2 Å². The van der Waals surface area contributed by atoms with E-state index in [1.807, 2.05) is 6.92 Å². The topological polar surface area (TPSA) is 85.1 Å². The first-order valence-corrected chi connectivity index (χ1v) is 6.46. The number of nitrogens with one attached hydrogen (secondary N) is 1. The lowest BCUT2D eigenvalue weighted by molar-refractivity contribution is -0.385. The van der Waals surface area contributed by atoms with E-state index >= 15 is 0 Å². The summed E-state index contributed by atoms with van der Waals surface area (Å²) in [6.45, 7) is 3.58. The average molecular weight is 306 g/mol. The summed E-state index contributed by atoms with van der Waals surface area (Å²) in [7, 11) is 0. The number of hydrogen-bond acceptors (Lipinski definition) is 4. The molecule has 1 aromatic carbocycles. The van der Waals surface area contributed by atoms with Crippen LogP contribution in [-0.4, -0.2) is 15.8 Å². The molecule has 1 amide bonds. The van der Waals surface area contributed by atoms with Crippen molar-refractivity contribution in [2.75, 3.05) is 5.32 Å². The van der Waals surface area contributed by atoms with Gasteiger partial charge in [0.1, 0.15) is 5.56 Å². The van der Waals surface area contributed by atoms with Gasteiger partial charge in [-0.05, 0) is 38.1 Å². The zero-order chi connectivity index (χ0) is 15.6. The van der Waals surface area contributed by atoms with Crippen molar-refractivity contribution in [3.05, 3.63) is 62.4 Å². The Hall–Kier alpha value is -2.47. The fourth-order valence-corrected chi connectivity index (χ4v) is 2.03. The number of aromatic nitrogens is 1. The summed E-state index contributed by atoms with van der Waals surface area (Å²) in [5.41, 5.74) is 1.56. The SMILES string of the molecule is Cc1ccc(NC(=O)c2cc(Cl)ccc2[N+](=O)[O-])c(C)n1. The number of nitrogens with zero attached hydrogens (tertiary/aromatic N) is 2. The third kappa shape index (κ3) is 3.35. The standard InChI is InChI=1S/C14H12ClN3O3/c1-8-3-5-12(9(2)16-8)17-14(19)11-7-10(15)4-6-13(11)18(20)21/h3-7H,1-2H3,(H,17,19). The number of nitro groups is 1. The van der Waals surface area contributed by atoms with E-state index in [0.29, 0.717) is 11.4 Å². The number of carbonyl (C=O) groups excluding carboxylic acids is 1. The highest BCUT2D eigenvalue weighted by atomic mass is 35.5. The van der Waals surface area contributed by atoms with Gasteiger partial charge in [-0.15, -0.1) is 0 Å². The predicted molar refractivity (Wildman–Crippen MR) is 79.8 cm³/mol. The Morgan fingerprint density at radius 2 is 2.00 bits per heavy atom. The first-order chi connectivity index (χ1) is 9.88. The molecule has 7 heteroatoms. The Bertz CT molecular complexity index is 731. The third-order valence-electron chi connectivity index (χ3n) is 2.87. The smallest absolute Gasteiger partial charge is 0.282 e.